The quantitative estimate of drug-likeness (QED) is 0.480. The van der Waals surface area contributed by atoms with E-state index >= 15 is 0 Å². The van der Waals surface area contributed by atoms with Gasteiger partial charge in [-0.2, -0.15) is 0 Å². The number of hydrogen-bond acceptors (Lipinski definition) is 4. The van der Waals surface area contributed by atoms with E-state index in [1.165, 1.54) is 6.07 Å². The Bertz CT molecular complexity index is 396. The lowest BCUT2D eigenvalue weighted by Gasteiger charge is -2.10. The first-order valence-corrected chi connectivity index (χ1v) is 5.67. The number of rotatable bonds is 6. The van der Waals surface area contributed by atoms with Crippen molar-refractivity contribution >= 4 is 17.3 Å². The second-order valence-electron chi connectivity index (χ2n) is 4.01. The summed E-state index contributed by atoms with van der Waals surface area (Å²) >= 11 is 5.73. The summed E-state index contributed by atoms with van der Waals surface area (Å²) in [5, 5.41) is 14.4. The zero-order valence-electron chi connectivity index (χ0n) is 9.94. The van der Waals surface area contributed by atoms with Crippen molar-refractivity contribution in [2.45, 2.75) is 6.54 Å². The van der Waals surface area contributed by atoms with E-state index in [0.717, 1.165) is 13.1 Å². The predicted octanol–water partition coefficient (Wildman–Crippen LogP) is 1.90. The Labute approximate surface area is 106 Å². The van der Waals surface area contributed by atoms with Crippen LogP contribution in [0.15, 0.2) is 18.2 Å². The topological polar surface area (TPSA) is 58.4 Å². The molecule has 0 unspecified atom stereocenters. The summed E-state index contributed by atoms with van der Waals surface area (Å²) in [6.45, 7) is 2.15. The third kappa shape index (κ3) is 4.68. The van der Waals surface area contributed by atoms with Crippen molar-refractivity contribution in [3.8, 4) is 0 Å². The third-order valence-corrected chi connectivity index (χ3v) is 2.53. The number of halogens is 1. The summed E-state index contributed by atoms with van der Waals surface area (Å²) in [4.78, 5) is 12.5. The highest BCUT2D eigenvalue weighted by Crippen LogP contribution is 2.22. The van der Waals surface area contributed by atoms with Gasteiger partial charge in [-0.25, -0.2) is 0 Å². The number of nitro groups is 1. The molecule has 0 atom stereocenters. The van der Waals surface area contributed by atoms with Gasteiger partial charge >= 0.3 is 0 Å². The van der Waals surface area contributed by atoms with Crippen molar-refractivity contribution in [3.63, 3.8) is 0 Å². The van der Waals surface area contributed by atoms with E-state index in [2.05, 4.69) is 5.32 Å². The molecule has 1 aromatic carbocycles. The molecule has 0 saturated carbocycles. The molecule has 6 heteroatoms. The molecule has 1 N–H and O–H groups in total. The first-order chi connectivity index (χ1) is 8.00. The van der Waals surface area contributed by atoms with Gasteiger partial charge in [0.1, 0.15) is 0 Å². The molecule has 0 aromatic heterocycles. The van der Waals surface area contributed by atoms with Crippen molar-refractivity contribution in [1.82, 2.24) is 10.2 Å². The predicted molar refractivity (Wildman–Crippen MR) is 68.4 cm³/mol. The van der Waals surface area contributed by atoms with E-state index in [9.17, 15) is 10.1 Å². The van der Waals surface area contributed by atoms with E-state index < -0.39 is 4.92 Å². The Balaban J connectivity index is 2.61. The molecule has 0 aliphatic heterocycles. The summed E-state index contributed by atoms with van der Waals surface area (Å²) in [7, 11) is 3.96. The molecule has 94 valence electrons. The van der Waals surface area contributed by atoms with Gasteiger partial charge in [0.2, 0.25) is 0 Å². The molecular formula is C11H16ClN3O2. The zero-order chi connectivity index (χ0) is 12.8. The van der Waals surface area contributed by atoms with Crippen LogP contribution in [0.5, 0.6) is 0 Å². The fourth-order valence-electron chi connectivity index (χ4n) is 1.38. The standard InChI is InChI=1S/C11H16ClN3O2/c1-14(2)6-5-13-8-9-3-4-10(12)7-11(9)15(16)17/h3-4,7,13H,5-6,8H2,1-2H3. The zero-order valence-corrected chi connectivity index (χ0v) is 10.7. The highest BCUT2D eigenvalue weighted by Gasteiger charge is 2.13. The van der Waals surface area contributed by atoms with Gasteiger partial charge in [-0.1, -0.05) is 11.6 Å². The molecule has 1 aromatic rings. The van der Waals surface area contributed by atoms with Gasteiger partial charge in [-0.15, -0.1) is 0 Å². The number of nitrogens with one attached hydrogen (secondary N) is 1. The van der Waals surface area contributed by atoms with Crippen LogP contribution in [0.4, 0.5) is 5.69 Å². The monoisotopic (exact) mass is 257 g/mol. The van der Waals surface area contributed by atoms with E-state index in [0.29, 0.717) is 17.1 Å². The highest BCUT2D eigenvalue weighted by atomic mass is 35.5. The molecule has 0 aliphatic carbocycles. The molecule has 0 saturated heterocycles. The van der Waals surface area contributed by atoms with Crippen LogP contribution < -0.4 is 5.32 Å². The second-order valence-corrected chi connectivity index (χ2v) is 4.45. The Kier molecular flexibility index (Phi) is 5.34. The molecule has 1 rings (SSSR count). The first-order valence-electron chi connectivity index (χ1n) is 5.29. The molecule has 0 aliphatic rings. The molecule has 5 nitrogen and oxygen atoms in total. The van der Waals surface area contributed by atoms with Gasteiger partial charge in [0, 0.05) is 36.3 Å². The fraction of sp³-hybridized carbons (Fsp3) is 0.455. The van der Waals surface area contributed by atoms with E-state index in [4.69, 9.17) is 11.6 Å². The van der Waals surface area contributed by atoms with Crippen molar-refractivity contribution in [2.75, 3.05) is 27.2 Å². The largest absolute Gasteiger partial charge is 0.311 e. The van der Waals surface area contributed by atoms with Crippen LogP contribution in [0.3, 0.4) is 0 Å². The molecule has 0 fully saturated rings. The maximum Gasteiger partial charge on any atom is 0.275 e. The van der Waals surface area contributed by atoms with E-state index in [1.807, 2.05) is 19.0 Å². The van der Waals surface area contributed by atoms with Gasteiger partial charge in [0.05, 0.1) is 4.92 Å². The Morgan fingerprint density at radius 1 is 1.47 bits per heavy atom. The minimum atomic E-state index is -0.408. The number of benzene rings is 1. The highest BCUT2D eigenvalue weighted by molar-refractivity contribution is 6.30. The lowest BCUT2D eigenvalue weighted by Crippen LogP contribution is -2.26. The second kappa shape index (κ2) is 6.54. The van der Waals surface area contributed by atoms with Crippen molar-refractivity contribution in [2.24, 2.45) is 0 Å². The summed E-state index contributed by atoms with van der Waals surface area (Å²) in [6, 6.07) is 4.73. The van der Waals surface area contributed by atoms with Crippen LogP contribution >= 0.6 is 11.6 Å². The van der Waals surface area contributed by atoms with E-state index in [1.54, 1.807) is 12.1 Å². The third-order valence-electron chi connectivity index (χ3n) is 2.30. The molecule has 0 spiro atoms. The Morgan fingerprint density at radius 3 is 2.76 bits per heavy atom. The van der Waals surface area contributed by atoms with Crippen LogP contribution in [0.2, 0.25) is 5.02 Å². The number of nitrogens with zero attached hydrogens (tertiary/aromatic N) is 2. The normalized spacial score (nSPS) is 10.8. The molecule has 0 heterocycles. The number of likely N-dealkylation sites (N-methyl/N-ethyl adjacent to an activating group) is 1. The first kappa shape index (κ1) is 13.9. The van der Waals surface area contributed by atoms with Crippen molar-refractivity contribution in [3.05, 3.63) is 38.9 Å². The summed E-state index contributed by atoms with van der Waals surface area (Å²) in [5.74, 6) is 0. The minimum Gasteiger partial charge on any atom is -0.311 e. The lowest BCUT2D eigenvalue weighted by atomic mass is 10.2. The Hall–Kier alpha value is -1.17. The number of hydrogen-bond donors (Lipinski definition) is 1. The maximum atomic E-state index is 10.8. The van der Waals surface area contributed by atoms with Gasteiger partial charge in [0.15, 0.2) is 0 Å². The smallest absolute Gasteiger partial charge is 0.275 e. The van der Waals surface area contributed by atoms with Gasteiger partial charge in [0.25, 0.3) is 5.69 Å². The van der Waals surface area contributed by atoms with E-state index in [-0.39, 0.29) is 5.69 Å². The van der Waals surface area contributed by atoms with Crippen LogP contribution in [0, 0.1) is 10.1 Å². The summed E-state index contributed by atoms with van der Waals surface area (Å²) < 4.78 is 0. The number of nitro benzene ring substituents is 1. The van der Waals surface area contributed by atoms with Crippen LogP contribution in [-0.2, 0) is 6.54 Å². The van der Waals surface area contributed by atoms with Gasteiger partial charge < -0.3 is 10.2 Å². The lowest BCUT2D eigenvalue weighted by molar-refractivity contribution is -0.385. The van der Waals surface area contributed by atoms with Crippen molar-refractivity contribution in [1.29, 1.82) is 0 Å². The molecular weight excluding hydrogens is 242 g/mol. The molecule has 0 bridgehead atoms. The van der Waals surface area contributed by atoms with Gasteiger partial charge in [-0.05, 0) is 26.2 Å². The molecule has 0 radical (unpaired) electrons. The molecule has 17 heavy (non-hydrogen) atoms. The van der Waals surface area contributed by atoms with Crippen LogP contribution in [0.25, 0.3) is 0 Å². The van der Waals surface area contributed by atoms with Crippen LogP contribution in [0.1, 0.15) is 5.56 Å². The average molecular weight is 258 g/mol. The van der Waals surface area contributed by atoms with Crippen molar-refractivity contribution < 1.29 is 4.92 Å². The molecule has 0 amide bonds. The summed E-state index contributed by atoms with van der Waals surface area (Å²) in [5.41, 5.74) is 0.716. The average Bonchev–Trinajstić information content (AvgIpc) is 2.25. The minimum absolute atomic E-state index is 0.0647. The van der Waals surface area contributed by atoms with Gasteiger partial charge in [-0.3, -0.25) is 10.1 Å². The Morgan fingerprint density at radius 2 is 2.18 bits per heavy atom. The summed E-state index contributed by atoms with van der Waals surface area (Å²) in [6.07, 6.45) is 0. The maximum absolute atomic E-state index is 10.8. The van der Waals surface area contributed by atoms with Crippen LogP contribution in [-0.4, -0.2) is 37.0 Å². The fourth-order valence-corrected chi connectivity index (χ4v) is 1.55. The SMILES string of the molecule is CN(C)CCNCc1ccc(Cl)cc1[N+](=O)[O-].